The number of fused-ring (bicyclic) bond motifs is 1. The molecule has 0 bridgehead atoms. The zero-order valence-electron chi connectivity index (χ0n) is 8.13. The molecule has 0 saturated carbocycles. The molecule has 0 aliphatic carbocycles. The Kier molecular flexibility index (Phi) is 1.79. The van der Waals surface area contributed by atoms with Crippen molar-refractivity contribution in [2.75, 3.05) is 0 Å². The summed E-state index contributed by atoms with van der Waals surface area (Å²) in [6, 6.07) is 2.00. The van der Waals surface area contributed by atoms with Gasteiger partial charge in [-0.15, -0.1) is 0 Å². The van der Waals surface area contributed by atoms with Gasteiger partial charge in [0.15, 0.2) is 0 Å². The largest absolute Gasteiger partial charge is 0.340 e. The number of nitrogens with one attached hydrogen (secondary N) is 1. The number of pyridine rings is 1. The van der Waals surface area contributed by atoms with Crippen molar-refractivity contribution in [3.63, 3.8) is 0 Å². The number of H-pyrrole nitrogens is 1. The first-order valence-corrected chi connectivity index (χ1v) is 4.49. The summed E-state index contributed by atoms with van der Waals surface area (Å²) in [5.41, 5.74) is 3.04. The highest BCUT2D eigenvalue weighted by Crippen LogP contribution is 2.16. The lowest BCUT2D eigenvalue weighted by atomic mass is 10.2. The molecule has 0 fully saturated rings. The molecule has 3 heteroatoms. The number of imidazole rings is 1. The van der Waals surface area contributed by atoms with Gasteiger partial charge < -0.3 is 4.98 Å². The summed E-state index contributed by atoms with van der Waals surface area (Å²) in [5.74, 6) is 1.47. The molecule has 0 spiro atoms. The molecule has 68 valence electrons. The number of hydrogen-bond acceptors (Lipinski definition) is 2. The molecule has 2 aromatic rings. The Morgan fingerprint density at radius 1 is 1.38 bits per heavy atom. The first kappa shape index (κ1) is 8.23. The average molecular weight is 175 g/mol. The van der Waals surface area contributed by atoms with Crippen LogP contribution in [0.25, 0.3) is 11.0 Å². The highest BCUT2D eigenvalue weighted by Gasteiger charge is 2.05. The molecular formula is C10H13N3. The second-order valence-electron chi connectivity index (χ2n) is 3.62. The van der Waals surface area contributed by atoms with Crippen molar-refractivity contribution in [3.05, 3.63) is 23.8 Å². The standard InChI is InChI=1S/C10H13N3/c1-6(2)10-12-8-4-7(3)11-5-9(8)13-10/h4-6H,1-3H3,(H,12,13). The van der Waals surface area contributed by atoms with Crippen molar-refractivity contribution >= 4 is 11.0 Å². The van der Waals surface area contributed by atoms with Crippen molar-refractivity contribution < 1.29 is 0 Å². The Bertz CT molecular complexity index is 429. The van der Waals surface area contributed by atoms with Crippen LogP contribution in [-0.2, 0) is 0 Å². The lowest BCUT2D eigenvalue weighted by Gasteiger charge is -1.95. The minimum atomic E-state index is 0.438. The number of nitrogens with zero attached hydrogens (tertiary/aromatic N) is 2. The summed E-state index contributed by atoms with van der Waals surface area (Å²) in [4.78, 5) is 11.9. The first-order chi connectivity index (χ1) is 6.16. The molecule has 0 atom stereocenters. The van der Waals surface area contributed by atoms with Gasteiger partial charge in [-0.3, -0.25) is 4.98 Å². The van der Waals surface area contributed by atoms with Crippen LogP contribution in [0.5, 0.6) is 0 Å². The van der Waals surface area contributed by atoms with Gasteiger partial charge in [0.2, 0.25) is 0 Å². The minimum absolute atomic E-state index is 0.438. The fraction of sp³-hybridized carbons (Fsp3) is 0.400. The van der Waals surface area contributed by atoms with E-state index in [1.807, 2.05) is 19.2 Å². The normalized spacial score (nSPS) is 11.4. The van der Waals surface area contributed by atoms with E-state index in [0.29, 0.717) is 5.92 Å². The lowest BCUT2D eigenvalue weighted by molar-refractivity contribution is 0.799. The van der Waals surface area contributed by atoms with Crippen molar-refractivity contribution in [2.45, 2.75) is 26.7 Å². The van der Waals surface area contributed by atoms with Crippen LogP contribution in [0.1, 0.15) is 31.3 Å². The Balaban J connectivity index is 2.62. The van der Waals surface area contributed by atoms with Crippen molar-refractivity contribution in [2.24, 2.45) is 0 Å². The van der Waals surface area contributed by atoms with Gasteiger partial charge in [0.05, 0.1) is 17.2 Å². The fourth-order valence-electron chi connectivity index (χ4n) is 1.30. The van der Waals surface area contributed by atoms with Crippen molar-refractivity contribution in [1.82, 2.24) is 15.0 Å². The molecule has 3 nitrogen and oxygen atoms in total. The van der Waals surface area contributed by atoms with Gasteiger partial charge in [0, 0.05) is 11.6 Å². The molecule has 0 saturated heterocycles. The number of aromatic amines is 1. The molecule has 2 rings (SSSR count). The smallest absolute Gasteiger partial charge is 0.109 e. The van der Waals surface area contributed by atoms with Crippen molar-refractivity contribution in [1.29, 1.82) is 0 Å². The molecule has 0 radical (unpaired) electrons. The summed E-state index contributed by atoms with van der Waals surface area (Å²) in [7, 11) is 0. The second-order valence-corrected chi connectivity index (χ2v) is 3.62. The topological polar surface area (TPSA) is 41.6 Å². The van der Waals surface area contributed by atoms with E-state index in [9.17, 15) is 0 Å². The van der Waals surface area contributed by atoms with E-state index in [2.05, 4.69) is 28.8 Å². The van der Waals surface area contributed by atoms with Gasteiger partial charge in [0.25, 0.3) is 0 Å². The fourth-order valence-corrected chi connectivity index (χ4v) is 1.30. The Labute approximate surface area is 77.2 Å². The zero-order valence-corrected chi connectivity index (χ0v) is 8.13. The van der Waals surface area contributed by atoms with Gasteiger partial charge in [-0.05, 0) is 13.0 Å². The van der Waals surface area contributed by atoms with E-state index in [-0.39, 0.29) is 0 Å². The molecular weight excluding hydrogens is 162 g/mol. The minimum Gasteiger partial charge on any atom is -0.340 e. The SMILES string of the molecule is Cc1cc2nc(C(C)C)[nH]c2cn1. The third kappa shape index (κ3) is 1.41. The summed E-state index contributed by atoms with van der Waals surface area (Å²) in [6.07, 6.45) is 1.84. The number of aromatic nitrogens is 3. The highest BCUT2D eigenvalue weighted by molar-refractivity contribution is 5.74. The Hall–Kier alpha value is -1.38. The summed E-state index contributed by atoms with van der Waals surface area (Å²) in [6.45, 7) is 6.22. The van der Waals surface area contributed by atoms with E-state index in [1.54, 1.807) is 0 Å². The van der Waals surface area contributed by atoms with Gasteiger partial charge in [-0.25, -0.2) is 4.98 Å². The van der Waals surface area contributed by atoms with Crippen LogP contribution < -0.4 is 0 Å². The quantitative estimate of drug-likeness (QED) is 0.723. The van der Waals surface area contributed by atoms with E-state index in [1.165, 1.54) is 0 Å². The molecule has 2 heterocycles. The molecule has 0 unspecified atom stereocenters. The summed E-state index contributed by atoms with van der Waals surface area (Å²) < 4.78 is 0. The first-order valence-electron chi connectivity index (χ1n) is 4.49. The molecule has 0 aromatic carbocycles. The third-order valence-electron chi connectivity index (χ3n) is 2.07. The van der Waals surface area contributed by atoms with Gasteiger partial charge in [-0.1, -0.05) is 13.8 Å². The van der Waals surface area contributed by atoms with Crippen LogP contribution in [-0.4, -0.2) is 15.0 Å². The maximum Gasteiger partial charge on any atom is 0.109 e. The van der Waals surface area contributed by atoms with Gasteiger partial charge in [-0.2, -0.15) is 0 Å². The van der Waals surface area contributed by atoms with Crippen molar-refractivity contribution in [3.8, 4) is 0 Å². The van der Waals surface area contributed by atoms with Crippen LogP contribution in [0.15, 0.2) is 12.3 Å². The maximum atomic E-state index is 4.48. The number of aryl methyl sites for hydroxylation is 1. The van der Waals surface area contributed by atoms with E-state index in [4.69, 9.17) is 0 Å². The van der Waals surface area contributed by atoms with Gasteiger partial charge in [0.1, 0.15) is 5.82 Å². The Morgan fingerprint density at radius 3 is 2.85 bits per heavy atom. The maximum absolute atomic E-state index is 4.48. The molecule has 2 aromatic heterocycles. The van der Waals surface area contributed by atoms with E-state index < -0.39 is 0 Å². The molecule has 0 aliphatic rings. The lowest BCUT2D eigenvalue weighted by Crippen LogP contribution is -1.88. The zero-order chi connectivity index (χ0) is 9.42. The van der Waals surface area contributed by atoms with Crippen LogP contribution in [0.4, 0.5) is 0 Å². The van der Waals surface area contributed by atoms with Crippen LogP contribution >= 0.6 is 0 Å². The monoisotopic (exact) mass is 175 g/mol. The van der Waals surface area contributed by atoms with E-state index in [0.717, 1.165) is 22.6 Å². The summed E-state index contributed by atoms with van der Waals surface area (Å²) >= 11 is 0. The third-order valence-corrected chi connectivity index (χ3v) is 2.07. The van der Waals surface area contributed by atoms with Crippen LogP contribution in [0.2, 0.25) is 0 Å². The molecule has 1 N–H and O–H groups in total. The predicted octanol–water partition coefficient (Wildman–Crippen LogP) is 2.39. The van der Waals surface area contributed by atoms with Crippen LogP contribution in [0.3, 0.4) is 0 Å². The number of hydrogen-bond donors (Lipinski definition) is 1. The van der Waals surface area contributed by atoms with Crippen LogP contribution in [0, 0.1) is 6.92 Å². The van der Waals surface area contributed by atoms with E-state index >= 15 is 0 Å². The molecule has 13 heavy (non-hydrogen) atoms. The predicted molar refractivity (Wildman–Crippen MR) is 52.7 cm³/mol. The average Bonchev–Trinajstić information content (AvgIpc) is 2.46. The highest BCUT2D eigenvalue weighted by atomic mass is 14.9. The molecule has 0 aliphatic heterocycles. The Morgan fingerprint density at radius 2 is 2.15 bits per heavy atom. The van der Waals surface area contributed by atoms with Gasteiger partial charge >= 0.3 is 0 Å². The number of rotatable bonds is 1. The summed E-state index contributed by atoms with van der Waals surface area (Å²) in [5, 5.41) is 0. The second kappa shape index (κ2) is 2.83. The molecule has 0 amide bonds.